The second-order valence-corrected chi connectivity index (χ2v) is 3.54. The van der Waals surface area contributed by atoms with Crippen molar-refractivity contribution in [2.24, 2.45) is 11.7 Å². The van der Waals surface area contributed by atoms with Gasteiger partial charge in [0.2, 0.25) is 0 Å². The van der Waals surface area contributed by atoms with E-state index in [0.717, 1.165) is 18.6 Å². The number of hydrogen-bond donors (Lipinski definition) is 1. The van der Waals surface area contributed by atoms with Crippen LogP contribution < -0.4 is 5.73 Å². The molecule has 2 heteroatoms. The lowest BCUT2D eigenvalue weighted by molar-refractivity contribution is 0.238. The average molecular weight is 140 g/mol. The fraction of sp³-hybridized carbons (Fsp3) is 1.00. The Kier molecular flexibility index (Phi) is 1.66. The van der Waals surface area contributed by atoms with Crippen LogP contribution in [0.4, 0.5) is 0 Å². The van der Waals surface area contributed by atoms with Crippen molar-refractivity contribution in [3.8, 4) is 0 Å². The van der Waals surface area contributed by atoms with Crippen molar-refractivity contribution in [1.29, 1.82) is 0 Å². The van der Waals surface area contributed by atoms with Gasteiger partial charge >= 0.3 is 0 Å². The highest BCUT2D eigenvalue weighted by molar-refractivity contribution is 4.91. The standard InChI is InChI=1S/C8H16N2/c9-6-10-5-1-2-8(10)7-3-4-7/h7-8H,1-6,9H2/t8-/m1/s1. The molecule has 2 aliphatic rings. The molecule has 58 valence electrons. The van der Waals surface area contributed by atoms with Crippen LogP contribution in [0.1, 0.15) is 25.7 Å². The van der Waals surface area contributed by atoms with Gasteiger partial charge in [-0.25, -0.2) is 0 Å². The van der Waals surface area contributed by atoms with Gasteiger partial charge in [-0.1, -0.05) is 0 Å². The van der Waals surface area contributed by atoms with Crippen molar-refractivity contribution in [1.82, 2.24) is 4.90 Å². The highest BCUT2D eigenvalue weighted by atomic mass is 15.2. The third-order valence-electron chi connectivity index (χ3n) is 2.81. The van der Waals surface area contributed by atoms with E-state index in [-0.39, 0.29) is 0 Å². The topological polar surface area (TPSA) is 29.3 Å². The van der Waals surface area contributed by atoms with Crippen molar-refractivity contribution in [2.45, 2.75) is 31.7 Å². The Hall–Kier alpha value is -0.0800. The Bertz CT molecular complexity index is 120. The fourth-order valence-corrected chi connectivity index (χ4v) is 2.09. The van der Waals surface area contributed by atoms with Gasteiger partial charge in [0.1, 0.15) is 0 Å². The molecule has 0 unspecified atom stereocenters. The highest BCUT2D eigenvalue weighted by Crippen LogP contribution is 2.39. The summed E-state index contributed by atoms with van der Waals surface area (Å²) >= 11 is 0. The maximum atomic E-state index is 5.62. The van der Waals surface area contributed by atoms with Gasteiger partial charge in [-0.3, -0.25) is 4.90 Å². The molecule has 0 radical (unpaired) electrons. The van der Waals surface area contributed by atoms with Gasteiger partial charge in [0.15, 0.2) is 0 Å². The van der Waals surface area contributed by atoms with Gasteiger partial charge in [0.25, 0.3) is 0 Å². The van der Waals surface area contributed by atoms with E-state index in [0.29, 0.717) is 0 Å². The predicted octanol–water partition coefficient (Wildman–Crippen LogP) is 0.777. The summed E-state index contributed by atoms with van der Waals surface area (Å²) in [4.78, 5) is 2.44. The van der Waals surface area contributed by atoms with Crippen LogP contribution in [0.5, 0.6) is 0 Å². The zero-order chi connectivity index (χ0) is 6.97. The first-order valence-corrected chi connectivity index (χ1v) is 4.36. The second kappa shape index (κ2) is 2.51. The molecule has 2 N–H and O–H groups in total. The van der Waals surface area contributed by atoms with Crippen LogP contribution in [0.2, 0.25) is 0 Å². The summed E-state index contributed by atoms with van der Waals surface area (Å²) in [5.74, 6) is 1.02. The van der Waals surface area contributed by atoms with Gasteiger partial charge in [-0.15, -0.1) is 0 Å². The number of hydrogen-bond acceptors (Lipinski definition) is 2. The lowest BCUT2D eigenvalue weighted by atomic mass is 10.1. The number of likely N-dealkylation sites (tertiary alicyclic amines) is 1. The van der Waals surface area contributed by atoms with Gasteiger partial charge in [-0.2, -0.15) is 0 Å². The zero-order valence-corrected chi connectivity index (χ0v) is 6.42. The quantitative estimate of drug-likeness (QED) is 0.614. The molecule has 1 atom stereocenters. The van der Waals surface area contributed by atoms with Gasteiger partial charge in [0.05, 0.1) is 0 Å². The molecule has 1 heterocycles. The maximum absolute atomic E-state index is 5.62. The van der Waals surface area contributed by atoms with Crippen LogP contribution in [0.3, 0.4) is 0 Å². The van der Waals surface area contributed by atoms with Crippen LogP contribution in [0.15, 0.2) is 0 Å². The van der Waals surface area contributed by atoms with E-state index in [1.807, 2.05) is 0 Å². The van der Waals surface area contributed by atoms with Crippen molar-refractivity contribution in [3.05, 3.63) is 0 Å². The number of nitrogens with two attached hydrogens (primary N) is 1. The molecule has 10 heavy (non-hydrogen) atoms. The first-order valence-electron chi connectivity index (χ1n) is 4.36. The minimum Gasteiger partial charge on any atom is -0.318 e. The van der Waals surface area contributed by atoms with E-state index in [4.69, 9.17) is 5.73 Å². The smallest absolute Gasteiger partial charge is 0.0458 e. The van der Waals surface area contributed by atoms with E-state index in [2.05, 4.69) is 4.90 Å². The number of rotatable bonds is 2. The van der Waals surface area contributed by atoms with E-state index >= 15 is 0 Å². The van der Waals surface area contributed by atoms with Crippen LogP contribution in [-0.2, 0) is 0 Å². The van der Waals surface area contributed by atoms with Crippen LogP contribution >= 0.6 is 0 Å². The molecular formula is C8H16N2. The molecule has 0 aromatic rings. The fourth-order valence-electron chi connectivity index (χ4n) is 2.09. The summed E-state index contributed by atoms with van der Waals surface area (Å²) in [6.07, 6.45) is 5.70. The molecule has 0 spiro atoms. The lowest BCUT2D eigenvalue weighted by Gasteiger charge is -2.21. The minimum atomic E-state index is 0.779. The van der Waals surface area contributed by atoms with Crippen LogP contribution in [-0.4, -0.2) is 24.2 Å². The summed E-state index contributed by atoms with van der Waals surface area (Å²) in [5.41, 5.74) is 5.62. The van der Waals surface area contributed by atoms with Crippen LogP contribution in [0.25, 0.3) is 0 Å². The van der Waals surface area contributed by atoms with Crippen LogP contribution in [0, 0.1) is 5.92 Å². The third-order valence-corrected chi connectivity index (χ3v) is 2.81. The SMILES string of the molecule is NCN1CCC[C@@H]1C1CC1. The first-order chi connectivity index (χ1) is 4.92. The minimum absolute atomic E-state index is 0.779. The third kappa shape index (κ3) is 1.06. The molecule has 1 saturated heterocycles. The molecule has 0 amide bonds. The summed E-state index contributed by atoms with van der Waals surface area (Å²) in [6, 6.07) is 0.866. The van der Waals surface area contributed by atoms with Crippen molar-refractivity contribution < 1.29 is 0 Å². The molecule has 2 fully saturated rings. The maximum Gasteiger partial charge on any atom is 0.0458 e. The summed E-state index contributed by atoms with van der Waals surface area (Å²) < 4.78 is 0. The summed E-state index contributed by atoms with van der Waals surface area (Å²) in [5, 5.41) is 0. The van der Waals surface area contributed by atoms with Gasteiger partial charge in [-0.05, 0) is 38.1 Å². The van der Waals surface area contributed by atoms with E-state index < -0.39 is 0 Å². The van der Waals surface area contributed by atoms with E-state index in [1.54, 1.807) is 0 Å². The van der Waals surface area contributed by atoms with Gasteiger partial charge in [0, 0.05) is 12.7 Å². The molecule has 0 bridgehead atoms. The normalized spacial score (nSPS) is 35.1. The van der Waals surface area contributed by atoms with E-state index in [9.17, 15) is 0 Å². The summed E-state index contributed by atoms with van der Waals surface area (Å²) in [6.45, 7) is 2.03. The molecule has 1 saturated carbocycles. The van der Waals surface area contributed by atoms with Crippen molar-refractivity contribution in [3.63, 3.8) is 0 Å². The monoisotopic (exact) mass is 140 g/mol. The predicted molar refractivity (Wildman–Crippen MR) is 41.5 cm³/mol. The Morgan fingerprint density at radius 2 is 2.10 bits per heavy atom. The molecule has 2 rings (SSSR count). The zero-order valence-electron chi connectivity index (χ0n) is 6.42. The second-order valence-electron chi connectivity index (χ2n) is 3.54. The Labute approximate surface area is 62.4 Å². The summed E-state index contributed by atoms with van der Waals surface area (Å²) in [7, 11) is 0. The number of nitrogens with zero attached hydrogens (tertiary/aromatic N) is 1. The average Bonchev–Trinajstić information content (AvgIpc) is 2.69. The Morgan fingerprint density at radius 3 is 2.70 bits per heavy atom. The molecule has 0 aromatic heterocycles. The Morgan fingerprint density at radius 1 is 1.30 bits per heavy atom. The largest absolute Gasteiger partial charge is 0.318 e. The highest BCUT2D eigenvalue weighted by Gasteiger charge is 2.36. The van der Waals surface area contributed by atoms with Gasteiger partial charge < -0.3 is 5.73 Å². The molecule has 0 aromatic carbocycles. The van der Waals surface area contributed by atoms with E-state index in [1.165, 1.54) is 32.2 Å². The molecule has 2 nitrogen and oxygen atoms in total. The molecule has 1 aliphatic carbocycles. The first kappa shape index (κ1) is 6.62. The van der Waals surface area contributed by atoms with Crippen molar-refractivity contribution >= 4 is 0 Å². The molecule has 1 aliphatic heterocycles. The van der Waals surface area contributed by atoms with Crippen molar-refractivity contribution in [2.75, 3.05) is 13.2 Å². The Balaban J connectivity index is 1.91. The lowest BCUT2D eigenvalue weighted by Crippen LogP contribution is -2.35. The molecular weight excluding hydrogens is 124 g/mol.